The monoisotopic (exact) mass is 347 g/mol. The van der Waals surface area contributed by atoms with E-state index in [0.29, 0.717) is 0 Å². The predicted molar refractivity (Wildman–Crippen MR) is 87.0 cm³/mol. The first kappa shape index (κ1) is 14.3. The molecule has 3 rings (SSSR count). The largest absolute Gasteiger partial charge is 0.326 e. The third-order valence-electron chi connectivity index (χ3n) is 3.55. The zero-order chi connectivity index (χ0) is 15.0. The molecule has 2 heterocycles. The Morgan fingerprint density at radius 1 is 1.38 bits per heavy atom. The molecule has 3 aromatic rings. The molecule has 0 amide bonds. The molecule has 0 radical (unpaired) electrons. The highest BCUT2D eigenvalue weighted by Crippen LogP contribution is 2.26. The van der Waals surface area contributed by atoms with Crippen molar-refractivity contribution in [1.29, 1.82) is 0 Å². The summed E-state index contributed by atoms with van der Waals surface area (Å²) in [5.41, 5.74) is 9.48. The van der Waals surface area contributed by atoms with Gasteiger partial charge in [-0.15, -0.1) is 0 Å². The van der Waals surface area contributed by atoms with Gasteiger partial charge in [0.1, 0.15) is 5.82 Å². The van der Waals surface area contributed by atoms with Gasteiger partial charge in [0.05, 0.1) is 23.3 Å². The maximum absolute atomic E-state index is 6.41. The summed E-state index contributed by atoms with van der Waals surface area (Å²) < 4.78 is 5.00. The normalized spacial score (nSPS) is 13.0. The van der Waals surface area contributed by atoms with Crippen LogP contribution in [0, 0.1) is 0 Å². The Balaban J connectivity index is 2.14. The standard InChI is InChI=1S/C15H18BrN5/c1-3-6-21-13-5-4-11(16)7-12(13)19-15(21)14(17)10-8-18-20(2)9-10/h4-5,7-9,14H,3,6,17H2,1-2H3. The van der Waals surface area contributed by atoms with Crippen LogP contribution in [0.1, 0.15) is 30.8 Å². The van der Waals surface area contributed by atoms with Crippen molar-refractivity contribution in [3.8, 4) is 0 Å². The van der Waals surface area contributed by atoms with E-state index >= 15 is 0 Å². The number of hydrogen-bond acceptors (Lipinski definition) is 3. The van der Waals surface area contributed by atoms with Gasteiger partial charge in [-0.3, -0.25) is 4.68 Å². The lowest BCUT2D eigenvalue weighted by Gasteiger charge is -2.12. The molecule has 0 aliphatic heterocycles. The summed E-state index contributed by atoms with van der Waals surface area (Å²) in [6, 6.07) is 5.88. The molecular weight excluding hydrogens is 330 g/mol. The van der Waals surface area contributed by atoms with Gasteiger partial charge in [-0.2, -0.15) is 5.10 Å². The van der Waals surface area contributed by atoms with Crippen molar-refractivity contribution < 1.29 is 0 Å². The van der Waals surface area contributed by atoms with Gasteiger partial charge >= 0.3 is 0 Å². The minimum Gasteiger partial charge on any atom is -0.326 e. The third kappa shape index (κ3) is 2.61. The number of nitrogens with zero attached hydrogens (tertiary/aromatic N) is 4. The van der Waals surface area contributed by atoms with Crippen molar-refractivity contribution in [2.45, 2.75) is 25.9 Å². The second-order valence-corrected chi connectivity index (χ2v) is 6.10. The number of benzene rings is 1. The number of aryl methyl sites for hydroxylation is 2. The van der Waals surface area contributed by atoms with Gasteiger partial charge in [0.15, 0.2) is 0 Å². The number of aromatic nitrogens is 4. The van der Waals surface area contributed by atoms with Crippen LogP contribution in [-0.2, 0) is 13.6 Å². The van der Waals surface area contributed by atoms with E-state index in [-0.39, 0.29) is 6.04 Å². The van der Waals surface area contributed by atoms with Crippen molar-refractivity contribution in [3.63, 3.8) is 0 Å². The van der Waals surface area contributed by atoms with Crippen LogP contribution in [0.15, 0.2) is 35.1 Å². The van der Waals surface area contributed by atoms with E-state index in [1.165, 1.54) is 0 Å². The number of hydrogen-bond donors (Lipinski definition) is 1. The van der Waals surface area contributed by atoms with Gasteiger partial charge in [0.2, 0.25) is 0 Å². The van der Waals surface area contributed by atoms with Crippen molar-refractivity contribution in [2.24, 2.45) is 12.8 Å². The van der Waals surface area contributed by atoms with Crippen LogP contribution < -0.4 is 5.73 Å². The van der Waals surface area contributed by atoms with E-state index in [2.05, 4.69) is 38.6 Å². The summed E-state index contributed by atoms with van der Waals surface area (Å²) in [4.78, 5) is 4.75. The zero-order valence-corrected chi connectivity index (χ0v) is 13.7. The van der Waals surface area contributed by atoms with E-state index < -0.39 is 0 Å². The summed E-state index contributed by atoms with van der Waals surface area (Å²) in [6.45, 7) is 3.06. The minimum atomic E-state index is -0.267. The predicted octanol–water partition coefficient (Wildman–Crippen LogP) is 2.99. The highest BCUT2D eigenvalue weighted by atomic mass is 79.9. The Morgan fingerprint density at radius 2 is 2.19 bits per heavy atom. The molecule has 110 valence electrons. The Labute approximate surface area is 131 Å². The first-order chi connectivity index (χ1) is 10.1. The molecular formula is C15H18BrN5. The smallest absolute Gasteiger partial charge is 0.131 e. The van der Waals surface area contributed by atoms with Gasteiger partial charge in [-0.25, -0.2) is 4.98 Å². The molecule has 0 aliphatic rings. The first-order valence-corrected chi connectivity index (χ1v) is 7.79. The number of fused-ring (bicyclic) bond motifs is 1. The second-order valence-electron chi connectivity index (χ2n) is 5.18. The zero-order valence-electron chi connectivity index (χ0n) is 12.1. The lowest BCUT2D eigenvalue weighted by atomic mass is 10.1. The Morgan fingerprint density at radius 3 is 2.86 bits per heavy atom. The van der Waals surface area contributed by atoms with Crippen molar-refractivity contribution in [1.82, 2.24) is 19.3 Å². The summed E-state index contributed by atoms with van der Waals surface area (Å²) in [5.74, 6) is 0.887. The molecule has 0 aliphatic carbocycles. The maximum atomic E-state index is 6.41. The lowest BCUT2D eigenvalue weighted by molar-refractivity contribution is 0.627. The quantitative estimate of drug-likeness (QED) is 0.788. The van der Waals surface area contributed by atoms with Crippen LogP contribution in [0.5, 0.6) is 0 Å². The van der Waals surface area contributed by atoms with E-state index in [4.69, 9.17) is 10.7 Å². The third-order valence-corrected chi connectivity index (χ3v) is 4.04. The fourth-order valence-corrected chi connectivity index (χ4v) is 2.92. The van der Waals surface area contributed by atoms with Gasteiger partial charge < -0.3 is 10.3 Å². The first-order valence-electron chi connectivity index (χ1n) is 7.00. The Kier molecular flexibility index (Phi) is 3.82. The minimum absolute atomic E-state index is 0.267. The van der Waals surface area contributed by atoms with Crippen LogP contribution >= 0.6 is 15.9 Å². The molecule has 5 nitrogen and oxygen atoms in total. The molecule has 1 unspecified atom stereocenters. The summed E-state index contributed by atoms with van der Waals surface area (Å²) in [5, 5.41) is 4.20. The van der Waals surface area contributed by atoms with Gasteiger partial charge in [-0.1, -0.05) is 22.9 Å². The van der Waals surface area contributed by atoms with Gasteiger partial charge in [-0.05, 0) is 24.6 Å². The number of imidazole rings is 1. The van der Waals surface area contributed by atoms with Crippen LogP contribution in [0.3, 0.4) is 0 Å². The van der Waals surface area contributed by atoms with E-state index in [0.717, 1.165) is 39.9 Å². The topological polar surface area (TPSA) is 61.7 Å². The van der Waals surface area contributed by atoms with Crippen LogP contribution in [-0.4, -0.2) is 19.3 Å². The molecule has 0 bridgehead atoms. The molecule has 21 heavy (non-hydrogen) atoms. The molecule has 0 spiro atoms. The van der Waals surface area contributed by atoms with Crippen LogP contribution in [0.25, 0.3) is 11.0 Å². The van der Waals surface area contributed by atoms with Crippen LogP contribution in [0.2, 0.25) is 0 Å². The molecule has 2 N–H and O–H groups in total. The number of nitrogens with two attached hydrogens (primary N) is 1. The van der Waals surface area contributed by atoms with E-state index in [1.54, 1.807) is 10.9 Å². The SMILES string of the molecule is CCCn1c(C(N)c2cnn(C)c2)nc2cc(Br)ccc21. The average molecular weight is 348 g/mol. The van der Waals surface area contributed by atoms with Crippen LogP contribution in [0.4, 0.5) is 0 Å². The number of rotatable bonds is 4. The summed E-state index contributed by atoms with van der Waals surface area (Å²) in [6.07, 6.45) is 4.78. The lowest BCUT2D eigenvalue weighted by Crippen LogP contribution is -2.17. The molecule has 0 fully saturated rings. The maximum Gasteiger partial charge on any atom is 0.131 e. The Bertz CT molecular complexity index is 774. The molecule has 6 heteroatoms. The fraction of sp³-hybridized carbons (Fsp3) is 0.333. The van der Waals surface area contributed by atoms with Crippen molar-refractivity contribution in [2.75, 3.05) is 0 Å². The number of halogens is 1. The van der Waals surface area contributed by atoms with E-state index in [9.17, 15) is 0 Å². The second kappa shape index (κ2) is 5.61. The molecule has 2 aromatic heterocycles. The summed E-state index contributed by atoms with van der Waals surface area (Å²) in [7, 11) is 1.89. The molecule has 0 saturated carbocycles. The molecule has 0 saturated heterocycles. The fourth-order valence-electron chi connectivity index (χ4n) is 2.57. The van der Waals surface area contributed by atoms with Crippen molar-refractivity contribution in [3.05, 3.63) is 46.5 Å². The average Bonchev–Trinajstić information content (AvgIpc) is 3.03. The van der Waals surface area contributed by atoms with E-state index in [1.807, 2.05) is 25.4 Å². The summed E-state index contributed by atoms with van der Waals surface area (Å²) >= 11 is 3.50. The highest BCUT2D eigenvalue weighted by Gasteiger charge is 2.19. The Hall–Kier alpha value is -1.66. The van der Waals surface area contributed by atoms with Crippen molar-refractivity contribution >= 4 is 27.0 Å². The molecule has 1 atom stereocenters. The molecule has 1 aromatic carbocycles. The van der Waals surface area contributed by atoms with Gasteiger partial charge in [0, 0.05) is 29.8 Å². The van der Waals surface area contributed by atoms with Gasteiger partial charge in [0.25, 0.3) is 0 Å². The highest BCUT2D eigenvalue weighted by molar-refractivity contribution is 9.10.